The van der Waals surface area contributed by atoms with E-state index in [1.165, 1.54) is 0 Å². The number of nitrogens with one attached hydrogen (secondary N) is 2. The predicted molar refractivity (Wildman–Crippen MR) is 114 cm³/mol. The predicted octanol–water partition coefficient (Wildman–Crippen LogP) is 2.04. The summed E-state index contributed by atoms with van der Waals surface area (Å²) in [5, 5.41) is 5.76. The molecule has 2 aliphatic heterocycles. The van der Waals surface area contributed by atoms with E-state index in [0.29, 0.717) is 39.1 Å². The van der Waals surface area contributed by atoms with Gasteiger partial charge in [0.2, 0.25) is 17.7 Å². The second-order valence-electron chi connectivity index (χ2n) is 8.44. The lowest BCUT2D eigenvalue weighted by Crippen LogP contribution is -2.54. The van der Waals surface area contributed by atoms with Crippen LogP contribution in [0.3, 0.4) is 0 Å². The molecule has 7 heteroatoms. The summed E-state index contributed by atoms with van der Waals surface area (Å²) in [6.45, 7) is 5.21. The van der Waals surface area contributed by atoms with Gasteiger partial charge in [0, 0.05) is 20.0 Å². The van der Waals surface area contributed by atoms with Crippen LogP contribution in [0.15, 0.2) is 24.3 Å². The fourth-order valence-electron chi connectivity index (χ4n) is 4.37. The Morgan fingerprint density at radius 2 is 1.87 bits per heavy atom. The highest BCUT2D eigenvalue weighted by atomic mass is 16.5. The summed E-state index contributed by atoms with van der Waals surface area (Å²) in [6, 6.07) is 7.38. The lowest BCUT2D eigenvalue weighted by molar-refractivity contribution is -0.141. The van der Waals surface area contributed by atoms with Crippen molar-refractivity contribution in [2.75, 3.05) is 26.2 Å². The van der Waals surface area contributed by atoms with E-state index in [-0.39, 0.29) is 17.7 Å². The number of hydrogen-bond donors (Lipinski definition) is 2. The number of fused-ring (bicyclic) bond motifs is 1. The van der Waals surface area contributed by atoms with Crippen molar-refractivity contribution < 1.29 is 19.1 Å². The van der Waals surface area contributed by atoms with Gasteiger partial charge in [0.15, 0.2) is 0 Å². The molecule has 7 nitrogen and oxygen atoms in total. The van der Waals surface area contributed by atoms with Crippen LogP contribution >= 0.6 is 0 Å². The van der Waals surface area contributed by atoms with Gasteiger partial charge in [-0.1, -0.05) is 24.6 Å². The van der Waals surface area contributed by atoms with Gasteiger partial charge in [-0.05, 0) is 50.7 Å². The van der Waals surface area contributed by atoms with Gasteiger partial charge in [0.1, 0.15) is 18.4 Å². The zero-order valence-electron chi connectivity index (χ0n) is 18.0. The second-order valence-corrected chi connectivity index (χ2v) is 8.44. The molecule has 2 heterocycles. The Bertz CT molecular complexity index is 771. The van der Waals surface area contributed by atoms with Gasteiger partial charge in [-0.3, -0.25) is 14.4 Å². The van der Waals surface area contributed by atoms with Gasteiger partial charge >= 0.3 is 0 Å². The minimum atomic E-state index is -0.613. The average molecular weight is 416 g/mol. The normalized spacial score (nSPS) is 23.3. The molecule has 0 radical (unpaired) electrons. The molecule has 0 unspecified atom stereocenters. The zero-order chi connectivity index (χ0) is 21.6. The van der Waals surface area contributed by atoms with Crippen LogP contribution in [-0.2, 0) is 20.8 Å². The van der Waals surface area contributed by atoms with E-state index >= 15 is 0 Å². The number of carbonyl (C=O) groups is 3. The van der Waals surface area contributed by atoms with Crippen molar-refractivity contribution in [2.24, 2.45) is 5.41 Å². The van der Waals surface area contributed by atoms with E-state index in [9.17, 15) is 14.4 Å². The molecule has 2 N–H and O–H groups in total. The summed E-state index contributed by atoms with van der Waals surface area (Å²) in [6.07, 6.45) is 4.76. The largest absolute Gasteiger partial charge is 0.491 e. The van der Waals surface area contributed by atoms with Gasteiger partial charge in [-0.25, -0.2) is 0 Å². The maximum Gasteiger partial charge on any atom is 0.242 e. The smallest absolute Gasteiger partial charge is 0.242 e. The summed E-state index contributed by atoms with van der Waals surface area (Å²) in [5.74, 6) is 0.617. The molecule has 1 aromatic carbocycles. The highest BCUT2D eigenvalue weighted by Crippen LogP contribution is 2.37. The van der Waals surface area contributed by atoms with Crippen LogP contribution in [0.5, 0.6) is 5.75 Å². The third-order valence-electron chi connectivity index (χ3n) is 6.37. The quantitative estimate of drug-likeness (QED) is 0.679. The van der Waals surface area contributed by atoms with Gasteiger partial charge in [-0.15, -0.1) is 0 Å². The van der Waals surface area contributed by atoms with E-state index < -0.39 is 11.5 Å². The maximum atomic E-state index is 13.2. The van der Waals surface area contributed by atoms with Crippen molar-refractivity contribution in [2.45, 2.75) is 58.4 Å². The molecule has 1 atom stereocenters. The van der Waals surface area contributed by atoms with E-state index in [1.54, 1.807) is 18.7 Å². The van der Waals surface area contributed by atoms with Crippen molar-refractivity contribution in [3.63, 3.8) is 0 Å². The first-order valence-electron chi connectivity index (χ1n) is 11.0. The lowest BCUT2D eigenvalue weighted by atomic mass is 9.73. The number of piperidine rings is 1. The Morgan fingerprint density at radius 1 is 1.13 bits per heavy atom. The van der Waals surface area contributed by atoms with Crippen molar-refractivity contribution in [1.82, 2.24) is 15.5 Å². The van der Waals surface area contributed by atoms with Crippen LogP contribution in [-0.4, -0.2) is 54.9 Å². The van der Waals surface area contributed by atoms with Gasteiger partial charge < -0.3 is 20.3 Å². The standard InChI is InChI=1S/C23H33N3O4/c1-17-21(28)24-13-16-30-20-9-4-3-7-19(20)8-5-6-10-23(22(29)25-17)11-14-26(15-12-23)18(2)27/h3-4,7,9,17H,5-6,8,10-16H2,1-2H3,(H,24,28)(H,25,29)/t17-/m0/s1. The summed E-state index contributed by atoms with van der Waals surface area (Å²) < 4.78 is 5.87. The number of amides is 3. The van der Waals surface area contributed by atoms with Crippen LogP contribution in [0.1, 0.15) is 51.5 Å². The van der Waals surface area contributed by atoms with Crippen molar-refractivity contribution >= 4 is 17.7 Å². The Kier molecular flexibility index (Phi) is 7.34. The maximum absolute atomic E-state index is 13.2. The minimum Gasteiger partial charge on any atom is -0.491 e. The number of likely N-dealkylation sites (tertiary alicyclic amines) is 1. The number of benzene rings is 1. The first kappa shape index (κ1) is 22.1. The first-order valence-corrected chi connectivity index (χ1v) is 11.0. The van der Waals surface area contributed by atoms with Crippen LogP contribution in [0, 0.1) is 5.41 Å². The summed E-state index contributed by atoms with van der Waals surface area (Å²) in [7, 11) is 0. The van der Waals surface area contributed by atoms with E-state index in [2.05, 4.69) is 16.7 Å². The van der Waals surface area contributed by atoms with E-state index in [1.807, 2.05) is 18.2 Å². The zero-order valence-corrected chi connectivity index (χ0v) is 18.0. The third-order valence-corrected chi connectivity index (χ3v) is 6.37. The monoisotopic (exact) mass is 415 g/mol. The van der Waals surface area contributed by atoms with Gasteiger partial charge in [0.05, 0.1) is 12.0 Å². The highest BCUT2D eigenvalue weighted by molar-refractivity contribution is 5.90. The van der Waals surface area contributed by atoms with Crippen LogP contribution in [0.2, 0.25) is 0 Å². The Hall–Kier alpha value is -2.57. The molecular formula is C23H33N3O4. The van der Waals surface area contributed by atoms with E-state index in [0.717, 1.165) is 37.0 Å². The molecule has 0 saturated carbocycles. The summed E-state index contributed by atoms with van der Waals surface area (Å²) >= 11 is 0. The molecule has 2 aliphatic rings. The number of para-hydroxylation sites is 1. The molecule has 164 valence electrons. The Morgan fingerprint density at radius 3 is 2.60 bits per heavy atom. The molecule has 1 saturated heterocycles. The topological polar surface area (TPSA) is 87.7 Å². The molecule has 1 fully saturated rings. The SMILES string of the molecule is CC(=O)N1CCC2(CCCCc3ccccc3OCCNC(=O)[C@H](C)NC2=O)CC1. The number of nitrogens with zero attached hydrogens (tertiary/aromatic N) is 1. The molecule has 0 bridgehead atoms. The second kappa shape index (κ2) is 9.96. The molecule has 1 aromatic rings. The Balaban J connectivity index is 1.76. The van der Waals surface area contributed by atoms with Gasteiger partial charge in [-0.2, -0.15) is 0 Å². The van der Waals surface area contributed by atoms with E-state index in [4.69, 9.17) is 4.74 Å². The van der Waals surface area contributed by atoms with Crippen LogP contribution in [0.25, 0.3) is 0 Å². The van der Waals surface area contributed by atoms with Crippen LogP contribution < -0.4 is 15.4 Å². The number of rotatable bonds is 0. The third kappa shape index (κ3) is 5.32. The van der Waals surface area contributed by atoms with Crippen molar-refractivity contribution in [3.8, 4) is 5.75 Å². The minimum absolute atomic E-state index is 0.0479. The number of hydrogen-bond acceptors (Lipinski definition) is 4. The fourth-order valence-corrected chi connectivity index (χ4v) is 4.37. The molecule has 3 rings (SSSR count). The number of carbonyl (C=O) groups excluding carboxylic acids is 3. The molecule has 0 aliphatic carbocycles. The molecule has 3 amide bonds. The number of aryl methyl sites for hydroxylation is 1. The molecule has 0 aromatic heterocycles. The molecule has 1 spiro atoms. The average Bonchev–Trinajstić information content (AvgIpc) is 2.74. The van der Waals surface area contributed by atoms with Crippen molar-refractivity contribution in [1.29, 1.82) is 0 Å². The van der Waals surface area contributed by atoms with Gasteiger partial charge in [0.25, 0.3) is 0 Å². The summed E-state index contributed by atoms with van der Waals surface area (Å²) in [5.41, 5.74) is 0.619. The molecular weight excluding hydrogens is 382 g/mol. The first-order chi connectivity index (χ1) is 14.4. The molecule has 30 heavy (non-hydrogen) atoms. The Labute approximate surface area is 178 Å². The number of ether oxygens (including phenoxy) is 1. The lowest BCUT2D eigenvalue weighted by Gasteiger charge is -2.41. The highest BCUT2D eigenvalue weighted by Gasteiger charge is 2.42. The summed E-state index contributed by atoms with van der Waals surface area (Å²) in [4.78, 5) is 39.2. The fraction of sp³-hybridized carbons (Fsp3) is 0.609. The van der Waals surface area contributed by atoms with Crippen molar-refractivity contribution in [3.05, 3.63) is 29.8 Å². The van der Waals surface area contributed by atoms with Crippen LogP contribution in [0.4, 0.5) is 0 Å².